The fraction of sp³-hybridized carbons (Fsp3) is 0.263. The lowest BCUT2D eigenvalue weighted by molar-refractivity contribution is 0.0846. The number of aromatic nitrogens is 3. The van der Waals surface area contributed by atoms with Crippen molar-refractivity contribution < 1.29 is 14.3 Å². The van der Waals surface area contributed by atoms with E-state index in [1.54, 1.807) is 41.2 Å². The predicted molar refractivity (Wildman–Crippen MR) is 100 cm³/mol. The zero-order chi connectivity index (χ0) is 19.4. The molecule has 3 aromatic rings. The molecule has 3 rings (SSSR count). The number of amides is 2. The Bertz CT molecular complexity index is 963. The minimum absolute atomic E-state index is 0.170. The van der Waals surface area contributed by atoms with Crippen LogP contribution < -0.4 is 15.6 Å². The van der Waals surface area contributed by atoms with E-state index < -0.39 is 11.8 Å². The summed E-state index contributed by atoms with van der Waals surface area (Å²) in [6.45, 7) is 6.45. The molecule has 140 valence electrons. The van der Waals surface area contributed by atoms with E-state index >= 15 is 0 Å². The van der Waals surface area contributed by atoms with Gasteiger partial charge in [-0.15, -0.1) is 0 Å². The van der Waals surface area contributed by atoms with E-state index in [9.17, 15) is 9.59 Å². The van der Waals surface area contributed by atoms with Gasteiger partial charge >= 0.3 is 0 Å². The van der Waals surface area contributed by atoms with Gasteiger partial charge in [0.25, 0.3) is 11.8 Å². The number of nitrogens with one attached hydrogen (secondary N) is 2. The SMILES string of the molecule is CCOc1ccc(C(=O)NNC(=O)c2cnc3c(cnn3C(C)C)c2)cc1. The Labute approximate surface area is 156 Å². The third kappa shape index (κ3) is 4.05. The van der Waals surface area contributed by atoms with Crippen molar-refractivity contribution in [2.45, 2.75) is 26.8 Å². The number of hydrogen-bond donors (Lipinski definition) is 2. The molecule has 8 nitrogen and oxygen atoms in total. The van der Waals surface area contributed by atoms with E-state index in [-0.39, 0.29) is 6.04 Å². The van der Waals surface area contributed by atoms with Crippen molar-refractivity contribution in [2.75, 3.05) is 6.61 Å². The first kappa shape index (κ1) is 18.4. The Morgan fingerprint density at radius 2 is 1.74 bits per heavy atom. The summed E-state index contributed by atoms with van der Waals surface area (Å²) in [6, 6.07) is 8.51. The first-order valence-corrected chi connectivity index (χ1v) is 8.66. The molecule has 8 heteroatoms. The summed E-state index contributed by atoms with van der Waals surface area (Å²) >= 11 is 0. The average molecular weight is 367 g/mol. The van der Waals surface area contributed by atoms with Crippen LogP contribution in [0.5, 0.6) is 5.75 Å². The predicted octanol–water partition coefficient (Wildman–Crippen LogP) is 2.49. The van der Waals surface area contributed by atoms with Crippen LogP contribution in [0, 0.1) is 0 Å². The Balaban J connectivity index is 1.64. The van der Waals surface area contributed by atoms with E-state index in [2.05, 4.69) is 20.9 Å². The highest BCUT2D eigenvalue weighted by Crippen LogP contribution is 2.16. The second-order valence-corrected chi connectivity index (χ2v) is 6.19. The van der Waals surface area contributed by atoms with Crippen LogP contribution in [-0.4, -0.2) is 33.2 Å². The van der Waals surface area contributed by atoms with Crippen LogP contribution in [0.2, 0.25) is 0 Å². The maximum atomic E-state index is 12.3. The smallest absolute Gasteiger partial charge is 0.271 e. The van der Waals surface area contributed by atoms with Crippen molar-refractivity contribution in [3.05, 3.63) is 53.9 Å². The van der Waals surface area contributed by atoms with Crippen molar-refractivity contribution in [3.8, 4) is 5.75 Å². The number of hydrogen-bond acceptors (Lipinski definition) is 5. The minimum atomic E-state index is -0.457. The number of carbonyl (C=O) groups is 2. The van der Waals surface area contributed by atoms with Gasteiger partial charge in [-0.2, -0.15) is 5.10 Å². The van der Waals surface area contributed by atoms with Crippen LogP contribution in [0.15, 0.2) is 42.7 Å². The summed E-state index contributed by atoms with van der Waals surface area (Å²) < 4.78 is 7.12. The number of benzene rings is 1. The van der Waals surface area contributed by atoms with Gasteiger partial charge in [0.1, 0.15) is 5.75 Å². The van der Waals surface area contributed by atoms with Crippen LogP contribution in [0.3, 0.4) is 0 Å². The van der Waals surface area contributed by atoms with E-state index in [1.165, 1.54) is 6.20 Å². The Hall–Kier alpha value is -3.42. The summed E-state index contributed by atoms with van der Waals surface area (Å²) in [5.41, 5.74) is 6.23. The largest absolute Gasteiger partial charge is 0.494 e. The van der Waals surface area contributed by atoms with Gasteiger partial charge in [0.05, 0.1) is 18.4 Å². The first-order valence-electron chi connectivity index (χ1n) is 8.66. The molecule has 0 bridgehead atoms. The monoisotopic (exact) mass is 367 g/mol. The number of pyridine rings is 1. The van der Waals surface area contributed by atoms with Gasteiger partial charge in [0.15, 0.2) is 5.65 Å². The molecular weight excluding hydrogens is 346 g/mol. The third-order valence-electron chi connectivity index (χ3n) is 3.90. The summed E-state index contributed by atoms with van der Waals surface area (Å²) in [4.78, 5) is 28.7. The van der Waals surface area contributed by atoms with Crippen molar-refractivity contribution in [3.63, 3.8) is 0 Å². The molecule has 0 atom stereocenters. The molecule has 0 aliphatic heterocycles. The lowest BCUT2D eigenvalue weighted by Crippen LogP contribution is -2.41. The Kier molecular flexibility index (Phi) is 5.35. The van der Waals surface area contributed by atoms with E-state index in [0.717, 1.165) is 5.39 Å². The fourth-order valence-corrected chi connectivity index (χ4v) is 2.57. The Morgan fingerprint density at radius 1 is 1.07 bits per heavy atom. The molecule has 0 spiro atoms. The Morgan fingerprint density at radius 3 is 2.37 bits per heavy atom. The molecule has 2 aromatic heterocycles. The standard InChI is InChI=1S/C19H21N5O3/c1-4-27-16-7-5-13(6-8-16)18(25)22-23-19(26)15-9-14-11-21-24(12(2)3)17(14)20-10-15/h5-12H,4H2,1-3H3,(H,22,25)(H,23,26). The molecule has 0 unspecified atom stereocenters. The molecule has 27 heavy (non-hydrogen) atoms. The zero-order valence-electron chi connectivity index (χ0n) is 15.4. The summed E-state index contributed by atoms with van der Waals surface area (Å²) in [7, 11) is 0. The van der Waals surface area contributed by atoms with Gasteiger partial charge in [-0.05, 0) is 51.1 Å². The van der Waals surface area contributed by atoms with Crippen molar-refractivity contribution in [1.29, 1.82) is 0 Å². The summed E-state index contributed by atoms with van der Waals surface area (Å²) in [5.74, 6) is -0.201. The van der Waals surface area contributed by atoms with Gasteiger partial charge in [-0.25, -0.2) is 9.67 Å². The molecule has 2 heterocycles. The average Bonchev–Trinajstić information content (AvgIpc) is 3.10. The molecule has 0 saturated heterocycles. The molecule has 2 N–H and O–H groups in total. The third-order valence-corrected chi connectivity index (χ3v) is 3.90. The molecule has 2 amide bonds. The highest BCUT2D eigenvalue weighted by molar-refractivity contribution is 6.00. The van der Waals surface area contributed by atoms with Gasteiger partial charge in [0.2, 0.25) is 0 Å². The zero-order valence-corrected chi connectivity index (χ0v) is 15.4. The van der Waals surface area contributed by atoms with Gasteiger partial charge in [0, 0.05) is 23.2 Å². The van der Waals surface area contributed by atoms with Gasteiger partial charge in [-0.3, -0.25) is 20.4 Å². The number of rotatable bonds is 5. The van der Waals surface area contributed by atoms with E-state index in [4.69, 9.17) is 4.74 Å². The number of carbonyl (C=O) groups excluding carboxylic acids is 2. The topological polar surface area (TPSA) is 98.1 Å². The number of ether oxygens (including phenoxy) is 1. The van der Waals surface area contributed by atoms with Gasteiger partial charge < -0.3 is 4.74 Å². The molecule has 1 aromatic carbocycles. The number of nitrogens with zero attached hydrogens (tertiary/aromatic N) is 3. The highest BCUT2D eigenvalue weighted by atomic mass is 16.5. The number of fused-ring (bicyclic) bond motifs is 1. The summed E-state index contributed by atoms with van der Waals surface area (Å²) in [6.07, 6.45) is 3.12. The van der Waals surface area contributed by atoms with E-state index in [1.807, 2.05) is 20.8 Å². The van der Waals surface area contributed by atoms with Crippen LogP contribution in [0.4, 0.5) is 0 Å². The highest BCUT2D eigenvalue weighted by Gasteiger charge is 2.13. The molecule has 0 aliphatic rings. The number of hydrazine groups is 1. The fourth-order valence-electron chi connectivity index (χ4n) is 2.57. The van der Waals surface area contributed by atoms with Crippen molar-refractivity contribution in [2.24, 2.45) is 0 Å². The van der Waals surface area contributed by atoms with Crippen LogP contribution in [0.25, 0.3) is 11.0 Å². The van der Waals surface area contributed by atoms with Crippen LogP contribution in [-0.2, 0) is 0 Å². The first-order chi connectivity index (χ1) is 13.0. The maximum Gasteiger partial charge on any atom is 0.271 e. The normalized spacial score (nSPS) is 10.8. The maximum absolute atomic E-state index is 12.3. The van der Waals surface area contributed by atoms with Crippen molar-refractivity contribution in [1.82, 2.24) is 25.6 Å². The molecule has 0 radical (unpaired) electrons. The van der Waals surface area contributed by atoms with Crippen LogP contribution in [0.1, 0.15) is 47.5 Å². The quantitative estimate of drug-likeness (QED) is 0.675. The molecule has 0 saturated carbocycles. The minimum Gasteiger partial charge on any atom is -0.494 e. The molecule has 0 aliphatic carbocycles. The van der Waals surface area contributed by atoms with Crippen LogP contribution >= 0.6 is 0 Å². The molecular formula is C19H21N5O3. The second-order valence-electron chi connectivity index (χ2n) is 6.19. The van der Waals surface area contributed by atoms with E-state index in [0.29, 0.717) is 29.1 Å². The lowest BCUT2D eigenvalue weighted by atomic mass is 10.2. The van der Waals surface area contributed by atoms with Crippen molar-refractivity contribution >= 4 is 22.8 Å². The lowest BCUT2D eigenvalue weighted by Gasteiger charge is -2.09. The van der Waals surface area contributed by atoms with Gasteiger partial charge in [-0.1, -0.05) is 0 Å². The summed E-state index contributed by atoms with van der Waals surface area (Å²) in [5, 5.41) is 5.03. The molecule has 0 fully saturated rings. The second kappa shape index (κ2) is 7.86.